The second-order valence-corrected chi connectivity index (χ2v) is 11.0. The number of ether oxygens (including phenoxy) is 3. The van der Waals surface area contributed by atoms with E-state index in [-0.39, 0.29) is 17.9 Å². The molecule has 1 aromatic rings. The molecule has 1 aliphatic carbocycles. The van der Waals surface area contributed by atoms with Gasteiger partial charge in [0.25, 0.3) is 0 Å². The molecule has 1 aliphatic rings. The Bertz CT molecular complexity index is 815. The van der Waals surface area contributed by atoms with Crippen LogP contribution in [0.3, 0.4) is 0 Å². The van der Waals surface area contributed by atoms with E-state index in [9.17, 15) is 13.2 Å². The summed E-state index contributed by atoms with van der Waals surface area (Å²) in [5, 5.41) is 2.97. The summed E-state index contributed by atoms with van der Waals surface area (Å²) in [6, 6.07) is 3.49. The number of rotatable bonds is 8. The van der Waals surface area contributed by atoms with E-state index in [0.717, 1.165) is 5.56 Å². The number of hydrogen-bond donors (Lipinski definition) is 2. The molecular formula is C21H34N2O6S. The molecule has 1 amide bonds. The molecule has 30 heavy (non-hydrogen) atoms. The molecule has 0 aromatic heterocycles. The summed E-state index contributed by atoms with van der Waals surface area (Å²) in [6.45, 7) is 5.37. The second kappa shape index (κ2) is 9.87. The highest BCUT2D eigenvalue weighted by atomic mass is 32.2. The summed E-state index contributed by atoms with van der Waals surface area (Å²) in [4.78, 5) is 12.6. The molecule has 1 aromatic carbocycles. The maximum atomic E-state index is 12.6. The van der Waals surface area contributed by atoms with Gasteiger partial charge in [0.15, 0.2) is 11.5 Å². The van der Waals surface area contributed by atoms with E-state index in [4.69, 9.17) is 14.2 Å². The topological polar surface area (TPSA) is 103 Å². The third-order valence-electron chi connectivity index (χ3n) is 5.42. The Kier molecular flexibility index (Phi) is 7.99. The van der Waals surface area contributed by atoms with E-state index in [0.29, 0.717) is 49.5 Å². The minimum atomic E-state index is -3.38. The number of benzene rings is 1. The number of nitrogens with one attached hydrogen (secondary N) is 2. The van der Waals surface area contributed by atoms with Crippen molar-refractivity contribution in [3.8, 4) is 17.2 Å². The van der Waals surface area contributed by atoms with Gasteiger partial charge in [0.05, 0.1) is 26.1 Å². The smallest absolute Gasteiger partial charge is 0.223 e. The Morgan fingerprint density at radius 3 is 1.97 bits per heavy atom. The fourth-order valence-corrected chi connectivity index (χ4v) is 4.47. The summed E-state index contributed by atoms with van der Waals surface area (Å²) in [5.74, 6) is 1.43. The van der Waals surface area contributed by atoms with Crippen LogP contribution in [0.5, 0.6) is 17.2 Å². The molecule has 1 fully saturated rings. The van der Waals surface area contributed by atoms with Crippen molar-refractivity contribution in [1.82, 2.24) is 10.0 Å². The van der Waals surface area contributed by atoms with Crippen LogP contribution in [0, 0.1) is 5.92 Å². The van der Waals surface area contributed by atoms with Crippen LogP contribution in [-0.4, -0.2) is 46.4 Å². The van der Waals surface area contributed by atoms with Gasteiger partial charge in [-0.1, -0.05) is 0 Å². The van der Waals surface area contributed by atoms with E-state index in [1.165, 1.54) is 0 Å². The summed E-state index contributed by atoms with van der Waals surface area (Å²) in [7, 11) is 1.25. The molecule has 1 saturated carbocycles. The average Bonchev–Trinajstić information content (AvgIpc) is 2.70. The summed E-state index contributed by atoms with van der Waals surface area (Å²) < 4.78 is 42.6. The van der Waals surface area contributed by atoms with Gasteiger partial charge in [-0.25, -0.2) is 13.1 Å². The molecule has 0 radical (unpaired) electrons. The molecule has 0 spiro atoms. The second-order valence-electron chi connectivity index (χ2n) is 8.53. The first-order chi connectivity index (χ1) is 14.0. The molecule has 2 rings (SSSR count). The zero-order valence-electron chi connectivity index (χ0n) is 18.7. The standard InChI is InChI=1S/C21H34N2O6S/c1-21(2,3)30(25,26)23-16-9-7-15(8-10-16)20(24)22-13-14-11-17(27-4)19(29-6)18(12-14)28-5/h11-12,15-16,23H,7-10,13H2,1-6H3,(H,22,24). The lowest BCUT2D eigenvalue weighted by atomic mass is 9.86. The summed E-state index contributed by atoms with van der Waals surface area (Å²) in [5.41, 5.74) is 0.837. The Morgan fingerprint density at radius 2 is 1.53 bits per heavy atom. The van der Waals surface area contributed by atoms with Crippen molar-refractivity contribution in [2.75, 3.05) is 21.3 Å². The van der Waals surface area contributed by atoms with E-state index < -0.39 is 14.8 Å². The van der Waals surface area contributed by atoms with E-state index in [1.807, 2.05) is 0 Å². The van der Waals surface area contributed by atoms with E-state index in [1.54, 1.807) is 54.2 Å². The third kappa shape index (κ3) is 5.78. The van der Waals surface area contributed by atoms with Crippen LogP contribution in [0.2, 0.25) is 0 Å². The van der Waals surface area contributed by atoms with Crippen LogP contribution in [-0.2, 0) is 21.4 Å². The third-order valence-corrected chi connectivity index (χ3v) is 7.67. The van der Waals surface area contributed by atoms with Crippen molar-refractivity contribution in [3.63, 3.8) is 0 Å². The molecular weight excluding hydrogens is 408 g/mol. The van der Waals surface area contributed by atoms with Crippen LogP contribution in [0.1, 0.15) is 52.0 Å². The van der Waals surface area contributed by atoms with Gasteiger partial charge >= 0.3 is 0 Å². The fraction of sp³-hybridized carbons (Fsp3) is 0.667. The number of sulfonamides is 1. The average molecular weight is 443 g/mol. The normalized spacial score (nSPS) is 19.8. The van der Waals surface area contributed by atoms with Gasteiger partial charge in [0.2, 0.25) is 21.7 Å². The Hall–Kier alpha value is -2.00. The first-order valence-corrected chi connectivity index (χ1v) is 11.6. The molecule has 0 bridgehead atoms. The first kappa shape index (κ1) is 24.3. The number of carbonyl (C=O) groups is 1. The fourth-order valence-electron chi connectivity index (χ4n) is 3.44. The molecule has 0 saturated heterocycles. The Balaban J connectivity index is 1.92. The maximum absolute atomic E-state index is 12.6. The van der Waals surface area contributed by atoms with Gasteiger partial charge in [0, 0.05) is 18.5 Å². The summed E-state index contributed by atoms with van der Waals surface area (Å²) in [6.07, 6.45) is 2.60. The van der Waals surface area contributed by atoms with Crippen molar-refractivity contribution in [2.45, 2.75) is 63.8 Å². The maximum Gasteiger partial charge on any atom is 0.223 e. The minimum absolute atomic E-state index is 0.0270. The van der Waals surface area contributed by atoms with Crippen LogP contribution in [0.4, 0.5) is 0 Å². The Morgan fingerprint density at radius 1 is 1.00 bits per heavy atom. The molecule has 0 unspecified atom stereocenters. The monoisotopic (exact) mass is 442 g/mol. The van der Waals surface area contributed by atoms with Crippen molar-refractivity contribution in [2.24, 2.45) is 5.92 Å². The van der Waals surface area contributed by atoms with Crippen LogP contribution >= 0.6 is 0 Å². The van der Waals surface area contributed by atoms with Gasteiger partial charge < -0.3 is 19.5 Å². The summed E-state index contributed by atoms with van der Waals surface area (Å²) >= 11 is 0. The largest absolute Gasteiger partial charge is 0.493 e. The molecule has 170 valence electrons. The minimum Gasteiger partial charge on any atom is -0.493 e. The predicted molar refractivity (Wildman–Crippen MR) is 115 cm³/mol. The van der Waals surface area contributed by atoms with Crippen LogP contribution in [0.25, 0.3) is 0 Å². The zero-order valence-corrected chi connectivity index (χ0v) is 19.5. The van der Waals surface area contributed by atoms with Gasteiger partial charge in [-0.2, -0.15) is 0 Å². The van der Waals surface area contributed by atoms with Gasteiger partial charge in [-0.3, -0.25) is 4.79 Å². The first-order valence-electron chi connectivity index (χ1n) is 10.1. The number of carbonyl (C=O) groups excluding carboxylic acids is 1. The number of methoxy groups -OCH3 is 3. The van der Waals surface area contributed by atoms with E-state index in [2.05, 4.69) is 10.0 Å². The molecule has 0 heterocycles. The zero-order chi connectivity index (χ0) is 22.5. The highest BCUT2D eigenvalue weighted by Gasteiger charge is 2.34. The lowest BCUT2D eigenvalue weighted by Gasteiger charge is -2.30. The Labute approximate surface area is 179 Å². The highest BCUT2D eigenvalue weighted by molar-refractivity contribution is 7.90. The predicted octanol–water partition coefficient (Wildman–Crippen LogP) is 2.61. The molecule has 2 N–H and O–H groups in total. The van der Waals surface area contributed by atoms with Gasteiger partial charge in [-0.05, 0) is 64.2 Å². The van der Waals surface area contributed by atoms with Crippen molar-refractivity contribution < 1.29 is 27.4 Å². The van der Waals surface area contributed by atoms with Crippen molar-refractivity contribution >= 4 is 15.9 Å². The lowest BCUT2D eigenvalue weighted by Crippen LogP contribution is -2.46. The highest BCUT2D eigenvalue weighted by Crippen LogP contribution is 2.38. The van der Waals surface area contributed by atoms with Crippen LogP contribution < -0.4 is 24.2 Å². The number of hydrogen-bond acceptors (Lipinski definition) is 6. The lowest BCUT2D eigenvalue weighted by molar-refractivity contribution is -0.126. The quantitative estimate of drug-likeness (QED) is 0.642. The molecule has 9 heteroatoms. The molecule has 8 nitrogen and oxygen atoms in total. The molecule has 0 aliphatic heterocycles. The van der Waals surface area contributed by atoms with Crippen molar-refractivity contribution in [3.05, 3.63) is 17.7 Å². The van der Waals surface area contributed by atoms with Gasteiger partial charge in [0.1, 0.15) is 0 Å². The van der Waals surface area contributed by atoms with Crippen molar-refractivity contribution in [1.29, 1.82) is 0 Å². The van der Waals surface area contributed by atoms with Crippen LogP contribution in [0.15, 0.2) is 12.1 Å². The SMILES string of the molecule is COc1cc(CNC(=O)C2CCC(NS(=O)(=O)C(C)(C)C)CC2)cc(OC)c1OC. The van der Waals surface area contributed by atoms with Gasteiger partial charge in [-0.15, -0.1) is 0 Å². The number of amides is 1. The van der Waals surface area contributed by atoms with E-state index >= 15 is 0 Å². The molecule has 0 atom stereocenters.